The Hall–Kier alpha value is -2.41. The summed E-state index contributed by atoms with van der Waals surface area (Å²) in [5, 5.41) is 3.07. The zero-order chi connectivity index (χ0) is 20.3. The summed E-state index contributed by atoms with van der Waals surface area (Å²) < 4.78 is 32.2. The Morgan fingerprint density at radius 2 is 1.86 bits per heavy atom. The first-order valence-corrected chi connectivity index (χ1v) is 9.53. The molecule has 1 fully saturated rings. The van der Waals surface area contributed by atoms with Gasteiger partial charge in [-0.3, -0.25) is 9.69 Å². The Morgan fingerprint density at radius 3 is 2.43 bits per heavy atom. The number of amides is 1. The van der Waals surface area contributed by atoms with E-state index in [4.69, 9.17) is 4.74 Å². The van der Waals surface area contributed by atoms with Crippen molar-refractivity contribution in [2.24, 2.45) is 0 Å². The summed E-state index contributed by atoms with van der Waals surface area (Å²) >= 11 is 0. The molecule has 0 unspecified atom stereocenters. The standard InChI is InChI=1S/C21H27F2N3O2/c1-14-12-19(15(2)26(14)17-4-6-18(28-3)7-5-17)21(27)24-16-8-10-25(11-9-16)13-20(22)23/h4-7,12,16,20H,8-11,13H2,1-3H3,(H,24,27). The lowest BCUT2D eigenvalue weighted by molar-refractivity contribution is 0.0696. The minimum Gasteiger partial charge on any atom is -0.497 e. The molecule has 0 atom stereocenters. The van der Waals surface area contributed by atoms with Crippen LogP contribution in [0.2, 0.25) is 0 Å². The van der Waals surface area contributed by atoms with Gasteiger partial charge in [0.15, 0.2) is 0 Å². The molecule has 2 aromatic rings. The second kappa shape index (κ2) is 8.73. The van der Waals surface area contributed by atoms with Gasteiger partial charge in [-0.25, -0.2) is 8.78 Å². The van der Waals surface area contributed by atoms with Crippen molar-refractivity contribution < 1.29 is 18.3 Å². The summed E-state index contributed by atoms with van der Waals surface area (Å²) in [7, 11) is 1.63. The van der Waals surface area contributed by atoms with Crippen LogP contribution in [0.3, 0.4) is 0 Å². The number of halogens is 2. The largest absolute Gasteiger partial charge is 0.497 e. The highest BCUT2D eigenvalue weighted by atomic mass is 19.3. The van der Waals surface area contributed by atoms with Crippen LogP contribution in [0.5, 0.6) is 5.75 Å². The summed E-state index contributed by atoms with van der Waals surface area (Å²) in [6, 6.07) is 9.60. The van der Waals surface area contributed by atoms with E-state index >= 15 is 0 Å². The van der Waals surface area contributed by atoms with E-state index in [1.54, 1.807) is 12.0 Å². The van der Waals surface area contributed by atoms with Crippen molar-refractivity contribution in [1.29, 1.82) is 0 Å². The summed E-state index contributed by atoms with van der Waals surface area (Å²) in [5.41, 5.74) is 3.45. The predicted octanol–water partition coefficient (Wildman–Crippen LogP) is 3.56. The van der Waals surface area contributed by atoms with Gasteiger partial charge in [0, 0.05) is 36.2 Å². The van der Waals surface area contributed by atoms with Crippen LogP contribution < -0.4 is 10.1 Å². The van der Waals surface area contributed by atoms with E-state index in [0.29, 0.717) is 31.5 Å². The first-order chi connectivity index (χ1) is 13.4. The van der Waals surface area contributed by atoms with Crippen molar-refractivity contribution in [2.75, 3.05) is 26.7 Å². The Bertz CT molecular complexity index is 810. The number of alkyl halides is 2. The number of hydrogen-bond acceptors (Lipinski definition) is 3. The molecule has 1 N–H and O–H groups in total. The van der Waals surface area contributed by atoms with E-state index in [0.717, 1.165) is 22.8 Å². The van der Waals surface area contributed by atoms with E-state index < -0.39 is 6.43 Å². The molecule has 7 heteroatoms. The van der Waals surface area contributed by atoms with Gasteiger partial charge in [0.25, 0.3) is 12.3 Å². The molecule has 0 radical (unpaired) electrons. The Labute approximate surface area is 164 Å². The van der Waals surface area contributed by atoms with E-state index in [2.05, 4.69) is 5.32 Å². The van der Waals surface area contributed by atoms with Crippen molar-refractivity contribution in [3.63, 3.8) is 0 Å². The number of carbonyl (C=O) groups excluding carboxylic acids is 1. The maximum absolute atomic E-state index is 12.8. The molecule has 1 aromatic heterocycles. The molecule has 1 saturated heterocycles. The van der Waals surface area contributed by atoms with Crippen molar-refractivity contribution in [2.45, 2.75) is 39.2 Å². The van der Waals surface area contributed by atoms with E-state index in [1.807, 2.05) is 48.7 Å². The molecular weight excluding hydrogens is 364 g/mol. The van der Waals surface area contributed by atoms with Gasteiger partial charge < -0.3 is 14.6 Å². The van der Waals surface area contributed by atoms with Crippen LogP contribution in [0.25, 0.3) is 5.69 Å². The van der Waals surface area contributed by atoms with Crippen molar-refractivity contribution >= 4 is 5.91 Å². The van der Waals surface area contributed by atoms with E-state index in [9.17, 15) is 13.6 Å². The van der Waals surface area contributed by atoms with Crippen LogP contribution in [0.15, 0.2) is 30.3 Å². The zero-order valence-corrected chi connectivity index (χ0v) is 16.5. The molecular formula is C21H27F2N3O2. The molecule has 5 nitrogen and oxygen atoms in total. The van der Waals surface area contributed by atoms with Gasteiger partial charge in [0.2, 0.25) is 0 Å². The van der Waals surface area contributed by atoms with Gasteiger partial charge in [0.1, 0.15) is 5.75 Å². The van der Waals surface area contributed by atoms with Crippen molar-refractivity contribution in [3.8, 4) is 11.4 Å². The minimum atomic E-state index is -2.31. The minimum absolute atomic E-state index is 0.0189. The third kappa shape index (κ3) is 4.52. The summed E-state index contributed by atoms with van der Waals surface area (Å²) in [5.74, 6) is 0.669. The Morgan fingerprint density at radius 1 is 1.21 bits per heavy atom. The van der Waals surface area contributed by atoms with Crippen LogP contribution in [-0.4, -0.2) is 54.6 Å². The molecule has 1 aromatic carbocycles. The number of rotatable bonds is 6. The average Bonchev–Trinajstić information content (AvgIpc) is 2.97. The molecule has 0 bridgehead atoms. The Kier molecular flexibility index (Phi) is 6.34. The third-order valence-electron chi connectivity index (χ3n) is 5.33. The SMILES string of the molecule is COc1ccc(-n2c(C)cc(C(=O)NC3CCN(CC(F)F)CC3)c2C)cc1. The number of methoxy groups -OCH3 is 1. The first-order valence-electron chi connectivity index (χ1n) is 9.53. The van der Waals surface area contributed by atoms with Crippen LogP contribution in [0.4, 0.5) is 8.78 Å². The second-order valence-corrected chi connectivity index (χ2v) is 7.26. The Balaban J connectivity index is 1.68. The quantitative estimate of drug-likeness (QED) is 0.819. The van der Waals surface area contributed by atoms with Crippen LogP contribution >= 0.6 is 0 Å². The van der Waals surface area contributed by atoms with Gasteiger partial charge >= 0.3 is 0 Å². The molecule has 1 aliphatic heterocycles. The zero-order valence-electron chi connectivity index (χ0n) is 16.5. The van der Waals surface area contributed by atoms with Gasteiger partial charge in [-0.2, -0.15) is 0 Å². The van der Waals surface area contributed by atoms with Crippen LogP contribution in [0.1, 0.15) is 34.6 Å². The van der Waals surface area contributed by atoms with Crippen molar-refractivity contribution in [3.05, 3.63) is 47.3 Å². The fourth-order valence-corrected chi connectivity index (χ4v) is 3.84. The highest BCUT2D eigenvalue weighted by Gasteiger charge is 2.24. The van der Waals surface area contributed by atoms with Gasteiger partial charge in [0.05, 0.1) is 19.2 Å². The van der Waals surface area contributed by atoms with Gasteiger partial charge in [-0.05, 0) is 57.0 Å². The molecule has 0 saturated carbocycles. The normalized spacial score (nSPS) is 15.8. The fraction of sp³-hybridized carbons (Fsp3) is 0.476. The molecule has 2 heterocycles. The second-order valence-electron chi connectivity index (χ2n) is 7.26. The molecule has 0 spiro atoms. The highest BCUT2D eigenvalue weighted by Crippen LogP contribution is 2.23. The number of carbonyl (C=O) groups is 1. The summed E-state index contributed by atoms with van der Waals surface area (Å²) in [6.45, 7) is 4.87. The number of hydrogen-bond donors (Lipinski definition) is 1. The molecule has 0 aliphatic carbocycles. The fourth-order valence-electron chi connectivity index (χ4n) is 3.84. The number of piperidine rings is 1. The number of aromatic nitrogens is 1. The number of ether oxygens (including phenoxy) is 1. The van der Waals surface area contributed by atoms with Crippen molar-refractivity contribution in [1.82, 2.24) is 14.8 Å². The molecule has 152 valence electrons. The summed E-state index contributed by atoms with van der Waals surface area (Å²) in [6.07, 6.45) is -0.930. The third-order valence-corrected chi connectivity index (χ3v) is 5.33. The number of likely N-dealkylation sites (tertiary alicyclic amines) is 1. The number of nitrogens with one attached hydrogen (secondary N) is 1. The maximum Gasteiger partial charge on any atom is 0.253 e. The predicted molar refractivity (Wildman–Crippen MR) is 105 cm³/mol. The molecule has 3 rings (SSSR count). The molecule has 28 heavy (non-hydrogen) atoms. The smallest absolute Gasteiger partial charge is 0.253 e. The monoisotopic (exact) mass is 391 g/mol. The summed E-state index contributed by atoms with van der Waals surface area (Å²) in [4.78, 5) is 14.6. The number of aryl methyl sites for hydroxylation is 1. The maximum atomic E-state index is 12.8. The lowest BCUT2D eigenvalue weighted by atomic mass is 10.0. The van der Waals surface area contributed by atoms with Gasteiger partial charge in [-0.15, -0.1) is 0 Å². The van der Waals surface area contributed by atoms with Gasteiger partial charge in [-0.1, -0.05) is 0 Å². The molecule has 1 amide bonds. The van der Waals surface area contributed by atoms with Crippen LogP contribution in [-0.2, 0) is 0 Å². The highest BCUT2D eigenvalue weighted by molar-refractivity contribution is 5.96. The average molecular weight is 391 g/mol. The number of nitrogens with zero attached hydrogens (tertiary/aromatic N) is 2. The van der Waals surface area contributed by atoms with Crippen LogP contribution in [0, 0.1) is 13.8 Å². The topological polar surface area (TPSA) is 46.5 Å². The van der Waals surface area contributed by atoms with E-state index in [-0.39, 0.29) is 18.5 Å². The first kappa shape index (κ1) is 20.3. The van der Waals surface area contributed by atoms with E-state index in [1.165, 1.54) is 0 Å². The lowest BCUT2D eigenvalue weighted by Crippen LogP contribution is -2.45. The number of benzene rings is 1. The molecule has 1 aliphatic rings. The lowest BCUT2D eigenvalue weighted by Gasteiger charge is -2.32.